The molecule has 4 heteroatoms. The first-order valence-electron chi connectivity index (χ1n) is 6.06. The Bertz CT molecular complexity index is 568. The predicted octanol–water partition coefficient (Wildman–Crippen LogP) is 2.59. The van der Waals surface area contributed by atoms with Crippen molar-refractivity contribution >= 4 is 5.69 Å². The predicted molar refractivity (Wildman–Crippen MR) is 76.2 cm³/mol. The van der Waals surface area contributed by atoms with E-state index < -0.39 is 0 Å². The Labute approximate surface area is 113 Å². The number of hydrazine groups is 1. The third-order valence-electron chi connectivity index (χ3n) is 2.91. The number of phenolic OH excluding ortho intramolecular Hbond substituents is 1. The highest BCUT2D eigenvalue weighted by Gasteiger charge is 2.06. The number of phenols is 1. The monoisotopic (exact) mass is 258 g/mol. The van der Waals surface area contributed by atoms with Crippen LogP contribution < -0.4 is 15.6 Å². The molecule has 0 saturated heterocycles. The molecule has 2 aromatic rings. The SMILES string of the molecule is Cc1cc(O)ccc1OCc1ccccc1N(C)N. The van der Waals surface area contributed by atoms with Gasteiger partial charge in [-0.2, -0.15) is 0 Å². The average molecular weight is 258 g/mol. The Morgan fingerprint density at radius 2 is 1.95 bits per heavy atom. The van der Waals surface area contributed by atoms with Crippen LogP contribution in [0.25, 0.3) is 0 Å². The van der Waals surface area contributed by atoms with E-state index in [0.29, 0.717) is 6.61 Å². The van der Waals surface area contributed by atoms with Crippen LogP contribution in [0, 0.1) is 6.92 Å². The molecule has 0 radical (unpaired) electrons. The molecule has 2 rings (SSSR count). The Morgan fingerprint density at radius 3 is 2.63 bits per heavy atom. The van der Waals surface area contributed by atoms with Crippen molar-refractivity contribution in [2.75, 3.05) is 12.1 Å². The van der Waals surface area contributed by atoms with E-state index in [1.807, 2.05) is 31.2 Å². The van der Waals surface area contributed by atoms with E-state index in [-0.39, 0.29) is 5.75 Å². The second-order valence-electron chi connectivity index (χ2n) is 4.48. The second-order valence-corrected chi connectivity index (χ2v) is 4.48. The number of nitrogens with zero attached hydrogens (tertiary/aromatic N) is 1. The van der Waals surface area contributed by atoms with Crippen LogP contribution in [0.2, 0.25) is 0 Å². The number of ether oxygens (including phenoxy) is 1. The van der Waals surface area contributed by atoms with Gasteiger partial charge in [-0.05, 0) is 36.8 Å². The molecule has 0 aromatic heterocycles. The number of nitrogens with two attached hydrogens (primary N) is 1. The van der Waals surface area contributed by atoms with Gasteiger partial charge in [-0.25, -0.2) is 5.84 Å². The first kappa shape index (κ1) is 13.2. The minimum absolute atomic E-state index is 0.243. The zero-order valence-electron chi connectivity index (χ0n) is 11.1. The molecule has 0 fully saturated rings. The lowest BCUT2D eigenvalue weighted by Crippen LogP contribution is -2.26. The number of hydrogen-bond donors (Lipinski definition) is 2. The number of benzene rings is 2. The molecule has 100 valence electrons. The molecule has 0 bridgehead atoms. The molecule has 19 heavy (non-hydrogen) atoms. The maximum Gasteiger partial charge on any atom is 0.122 e. The van der Waals surface area contributed by atoms with Gasteiger partial charge in [0.05, 0.1) is 5.69 Å². The highest BCUT2D eigenvalue weighted by molar-refractivity contribution is 5.51. The maximum atomic E-state index is 9.36. The van der Waals surface area contributed by atoms with E-state index in [0.717, 1.165) is 22.6 Å². The number of anilines is 1. The van der Waals surface area contributed by atoms with Gasteiger partial charge >= 0.3 is 0 Å². The van der Waals surface area contributed by atoms with Crippen molar-refractivity contribution in [1.29, 1.82) is 0 Å². The summed E-state index contributed by atoms with van der Waals surface area (Å²) in [5.74, 6) is 6.78. The summed E-state index contributed by atoms with van der Waals surface area (Å²) in [6.45, 7) is 2.33. The fourth-order valence-corrected chi connectivity index (χ4v) is 1.93. The van der Waals surface area contributed by atoms with Gasteiger partial charge in [-0.15, -0.1) is 0 Å². The van der Waals surface area contributed by atoms with Crippen molar-refractivity contribution in [2.45, 2.75) is 13.5 Å². The molecule has 0 saturated carbocycles. The molecule has 4 nitrogen and oxygen atoms in total. The summed E-state index contributed by atoms with van der Waals surface area (Å²) in [5.41, 5.74) is 2.84. The fourth-order valence-electron chi connectivity index (χ4n) is 1.93. The Morgan fingerprint density at radius 1 is 1.21 bits per heavy atom. The number of hydrogen-bond acceptors (Lipinski definition) is 4. The summed E-state index contributed by atoms with van der Waals surface area (Å²) in [6, 6.07) is 12.9. The van der Waals surface area contributed by atoms with Crippen LogP contribution in [0.5, 0.6) is 11.5 Å². The van der Waals surface area contributed by atoms with Crippen LogP contribution >= 0.6 is 0 Å². The van der Waals surface area contributed by atoms with E-state index in [1.54, 1.807) is 30.3 Å². The van der Waals surface area contributed by atoms with Gasteiger partial charge in [0, 0.05) is 12.6 Å². The molecule has 0 amide bonds. The number of aromatic hydroxyl groups is 1. The number of para-hydroxylation sites is 1. The van der Waals surface area contributed by atoms with Crippen LogP contribution in [0.3, 0.4) is 0 Å². The molecule has 2 aromatic carbocycles. The molecular formula is C15H18N2O2. The van der Waals surface area contributed by atoms with Crippen LogP contribution in [0.4, 0.5) is 5.69 Å². The summed E-state index contributed by atoms with van der Waals surface area (Å²) in [7, 11) is 1.80. The number of rotatable bonds is 4. The summed E-state index contributed by atoms with van der Waals surface area (Å²) >= 11 is 0. The zero-order valence-corrected chi connectivity index (χ0v) is 11.1. The molecule has 0 spiro atoms. The van der Waals surface area contributed by atoms with Crippen molar-refractivity contribution in [2.24, 2.45) is 5.84 Å². The van der Waals surface area contributed by atoms with Gasteiger partial charge in [0.15, 0.2) is 0 Å². The van der Waals surface area contributed by atoms with Crippen molar-refractivity contribution in [1.82, 2.24) is 0 Å². The Kier molecular flexibility index (Phi) is 3.92. The van der Waals surface area contributed by atoms with Crippen LogP contribution in [-0.4, -0.2) is 12.2 Å². The maximum absolute atomic E-state index is 9.36. The van der Waals surface area contributed by atoms with Gasteiger partial charge < -0.3 is 14.9 Å². The lowest BCUT2D eigenvalue weighted by atomic mass is 10.2. The van der Waals surface area contributed by atoms with Crippen molar-refractivity contribution < 1.29 is 9.84 Å². The standard InChI is InChI=1S/C15H18N2O2/c1-11-9-13(18)7-8-15(11)19-10-12-5-3-4-6-14(12)17(2)16/h3-9,18H,10,16H2,1-2H3. The normalized spacial score (nSPS) is 10.3. The Hall–Kier alpha value is -2.20. The highest BCUT2D eigenvalue weighted by Crippen LogP contribution is 2.25. The summed E-state index contributed by atoms with van der Waals surface area (Å²) in [6.07, 6.45) is 0. The lowest BCUT2D eigenvalue weighted by Gasteiger charge is -2.17. The summed E-state index contributed by atoms with van der Waals surface area (Å²) in [5, 5.41) is 10.9. The van der Waals surface area contributed by atoms with Crippen molar-refractivity contribution in [3.63, 3.8) is 0 Å². The molecule has 0 unspecified atom stereocenters. The lowest BCUT2D eigenvalue weighted by molar-refractivity contribution is 0.303. The molecule has 0 aliphatic carbocycles. The van der Waals surface area contributed by atoms with Crippen LogP contribution in [-0.2, 0) is 6.61 Å². The molecule has 3 N–H and O–H groups in total. The smallest absolute Gasteiger partial charge is 0.122 e. The van der Waals surface area contributed by atoms with Crippen LogP contribution in [0.15, 0.2) is 42.5 Å². The average Bonchev–Trinajstić information content (AvgIpc) is 2.38. The van der Waals surface area contributed by atoms with E-state index in [1.165, 1.54) is 0 Å². The summed E-state index contributed by atoms with van der Waals surface area (Å²) < 4.78 is 5.78. The zero-order chi connectivity index (χ0) is 13.8. The third kappa shape index (κ3) is 3.17. The quantitative estimate of drug-likeness (QED) is 0.653. The highest BCUT2D eigenvalue weighted by atomic mass is 16.5. The van der Waals surface area contributed by atoms with Crippen molar-refractivity contribution in [3.8, 4) is 11.5 Å². The molecule has 0 heterocycles. The van der Waals surface area contributed by atoms with Gasteiger partial charge in [-0.3, -0.25) is 0 Å². The summed E-state index contributed by atoms with van der Waals surface area (Å²) in [4.78, 5) is 0. The van der Waals surface area contributed by atoms with Gasteiger partial charge in [0.2, 0.25) is 0 Å². The fraction of sp³-hybridized carbons (Fsp3) is 0.200. The van der Waals surface area contributed by atoms with E-state index in [2.05, 4.69) is 0 Å². The van der Waals surface area contributed by atoms with Gasteiger partial charge in [0.1, 0.15) is 18.1 Å². The largest absolute Gasteiger partial charge is 0.508 e. The molecular weight excluding hydrogens is 240 g/mol. The van der Waals surface area contributed by atoms with E-state index >= 15 is 0 Å². The molecule has 0 aliphatic rings. The minimum Gasteiger partial charge on any atom is -0.508 e. The Balaban J connectivity index is 2.14. The van der Waals surface area contributed by atoms with Crippen molar-refractivity contribution in [3.05, 3.63) is 53.6 Å². The topological polar surface area (TPSA) is 58.7 Å². The molecule has 0 atom stereocenters. The van der Waals surface area contributed by atoms with Crippen LogP contribution in [0.1, 0.15) is 11.1 Å². The van der Waals surface area contributed by atoms with E-state index in [4.69, 9.17) is 10.6 Å². The first-order chi connectivity index (χ1) is 9.08. The number of aryl methyl sites for hydroxylation is 1. The molecule has 0 aliphatic heterocycles. The van der Waals surface area contributed by atoms with Gasteiger partial charge in [0.25, 0.3) is 0 Å². The van der Waals surface area contributed by atoms with Gasteiger partial charge in [-0.1, -0.05) is 18.2 Å². The third-order valence-corrected chi connectivity index (χ3v) is 2.91. The van der Waals surface area contributed by atoms with E-state index in [9.17, 15) is 5.11 Å². The first-order valence-corrected chi connectivity index (χ1v) is 6.06. The minimum atomic E-state index is 0.243. The second kappa shape index (κ2) is 5.63.